The zero-order chi connectivity index (χ0) is 17.6. The Morgan fingerprint density at radius 1 is 1.36 bits per heavy atom. The number of likely N-dealkylation sites (tertiary alicyclic amines) is 2. The fourth-order valence-electron chi connectivity index (χ4n) is 4.00. The highest BCUT2D eigenvalue weighted by Gasteiger charge is 2.39. The second-order valence-corrected chi connectivity index (χ2v) is 6.95. The molecule has 1 aromatic heterocycles. The molecule has 2 saturated heterocycles. The van der Waals surface area contributed by atoms with Gasteiger partial charge in [0, 0.05) is 51.6 Å². The molecule has 2 aliphatic heterocycles. The number of nitrogens with zero attached hydrogens (tertiary/aromatic N) is 5. The van der Waals surface area contributed by atoms with Crippen LogP contribution < -0.4 is 5.32 Å². The van der Waals surface area contributed by atoms with Gasteiger partial charge in [0.25, 0.3) is 0 Å². The van der Waals surface area contributed by atoms with Gasteiger partial charge in [0.05, 0.1) is 0 Å². The van der Waals surface area contributed by atoms with Gasteiger partial charge in [-0.1, -0.05) is 0 Å². The van der Waals surface area contributed by atoms with Crippen LogP contribution in [0.4, 0.5) is 0 Å². The molecule has 0 aromatic carbocycles. The SMILES string of the molecule is CNCCN1C(=O)CC[C@H]2CN(C(=O)CCCn3cncn3)CC[C@H]21. The highest BCUT2D eigenvalue weighted by atomic mass is 16.2. The number of aryl methyl sites for hydroxylation is 1. The maximum atomic E-state index is 12.5. The summed E-state index contributed by atoms with van der Waals surface area (Å²) in [4.78, 5) is 32.7. The van der Waals surface area contributed by atoms with Gasteiger partial charge in [-0.2, -0.15) is 5.10 Å². The number of fused-ring (bicyclic) bond motifs is 1. The van der Waals surface area contributed by atoms with Gasteiger partial charge in [-0.15, -0.1) is 0 Å². The number of rotatable bonds is 7. The minimum atomic E-state index is 0.220. The maximum absolute atomic E-state index is 12.5. The average molecular weight is 348 g/mol. The van der Waals surface area contributed by atoms with Crippen LogP contribution in [-0.2, 0) is 16.1 Å². The Kier molecular flexibility index (Phi) is 6.01. The summed E-state index contributed by atoms with van der Waals surface area (Å²) in [6.45, 7) is 3.85. The van der Waals surface area contributed by atoms with Gasteiger partial charge >= 0.3 is 0 Å². The molecule has 2 fully saturated rings. The van der Waals surface area contributed by atoms with E-state index in [2.05, 4.69) is 15.4 Å². The number of hydrogen-bond donors (Lipinski definition) is 1. The molecule has 1 aromatic rings. The van der Waals surface area contributed by atoms with Crippen LogP contribution in [0, 0.1) is 5.92 Å². The third-order valence-corrected chi connectivity index (χ3v) is 5.34. The molecule has 2 aliphatic rings. The third kappa shape index (κ3) is 4.36. The van der Waals surface area contributed by atoms with Gasteiger partial charge in [0.2, 0.25) is 11.8 Å². The molecule has 25 heavy (non-hydrogen) atoms. The summed E-state index contributed by atoms with van der Waals surface area (Å²) in [5.41, 5.74) is 0. The molecule has 0 radical (unpaired) electrons. The second-order valence-electron chi connectivity index (χ2n) is 6.95. The molecule has 0 bridgehead atoms. The first-order chi connectivity index (χ1) is 12.2. The maximum Gasteiger partial charge on any atom is 0.222 e. The molecular weight excluding hydrogens is 320 g/mol. The first-order valence-corrected chi connectivity index (χ1v) is 9.23. The van der Waals surface area contributed by atoms with E-state index in [4.69, 9.17) is 0 Å². The zero-order valence-corrected chi connectivity index (χ0v) is 14.9. The summed E-state index contributed by atoms with van der Waals surface area (Å²) in [6.07, 6.45) is 6.92. The molecule has 8 nitrogen and oxygen atoms in total. The van der Waals surface area contributed by atoms with Crippen molar-refractivity contribution in [2.75, 3.05) is 33.2 Å². The highest BCUT2D eigenvalue weighted by molar-refractivity contribution is 5.78. The average Bonchev–Trinajstić information content (AvgIpc) is 3.14. The Hall–Kier alpha value is -1.96. The number of hydrogen-bond acceptors (Lipinski definition) is 5. The van der Waals surface area contributed by atoms with Crippen LogP contribution in [0.2, 0.25) is 0 Å². The summed E-state index contributed by atoms with van der Waals surface area (Å²) < 4.78 is 1.76. The number of nitrogens with one attached hydrogen (secondary N) is 1. The van der Waals surface area contributed by atoms with E-state index in [0.717, 1.165) is 52.0 Å². The van der Waals surface area contributed by atoms with Gasteiger partial charge in [0.1, 0.15) is 12.7 Å². The Morgan fingerprint density at radius 2 is 2.24 bits per heavy atom. The van der Waals surface area contributed by atoms with Crippen LogP contribution in [0.3, 0.4) is 0 Å². The van der Waals surface area contributed by atoms with Crippen molar-refractivity contribution in [1.29, 1.82) is 0 Å². The Morgan fingerprint density at radius 3 is 3.00 bits per heavy atom. The summed E-state index contributed by atoms with van der Waals surface area (Å²) in [7, 11) is 1.91. The summed E-state index contributed by atoms with van der Waals surface area (Å²) in [5.74, 6) is 0.906. The van der Waals surface area contributed by atoms with Crippen LogP contribution in [0.1, 0.15) is 32.1 Å². The lowest BCUT2D eigenvalue weighted by atomic mass is 9.83. The standard InChI is InChI=1S/C17H28N6O2/c1-18-7-10-23-15-6-9-21(11-14(15)4-5-17(23)25)16(24)3-2-8-22-13-19-12-20-22/h12-15,18H,2-11H2,1H3/t14-,15+/m0/s1. The minimum absolute atomic E-state index is 0.220. The molecule has 0 saturated carbocycles. The molecular formula is C17H28N6O2. The molecule has 3 heterocycles. The Labute approximate surface area is 148 Å². The monoisotopic (exact) mass is 348 g/mol. The lowest BCUT2D eigenvalue weighted by molar-refractivity contribution is -0.144. The molecule has 3 rings (SSSR count). The number of aromatic nitrogens is 3. The Bertz CT molecular complexity index is 576. The Balaban J connectivity index is 1.48. The van der Waals surface area contributed by atoms with E-state index in [1.807, 2.05) is 16.8 Å². The molecule has 1 N–H and O–H groups in total. The van der Waals surface area contributed by atoms with Crippen molar-refractivity contribution < 1.29 is 9.59 Å². The van der Waals surface area contributed by atoms with E-state index in [-0.39, 0.29) is 11.8 Å². The number of amides is 2. The molecule has 0 spiro atoms. The molecule has 0 unspecified atom stereocenters. The molecule has 0 aliphatic carbocycles. The fraction of sp³-hybridized carbons (Fsp3) is 0.765. The number of likely N-dealkylation sites (N-methyl/N-ethyl adjacent to an activating group) is 1. The van der Waals surface area contributed by atoms with Crippen LogP contribution in [-0.4, -0.2) is 75.6 Å². The van der Waals surface area contributed by atoms with Crippen molar-refractivity contribution in [2.24, 2.45) is 5.92 Å². The predicted octanol–water partition coefficient (Wildman–Crippen LogP) is 0.117. The van der Waals surface area contributed by atoms with E-state index in [0.29, 0.717) is 24.8 Å². The minimum Gasteiger partial charge on any atom is -0.342 e. The molecule has 138 valence electrons. The lowest BCUT2D eigenvalue weighted by Gasteiger charge is -2.47. The molecule has 2 atom stereocenters. The molecule has 2 amide bonds. The van der Waals surface area contributed by atoms with Crippen molar-refractivity contribution in [1.82, 2.24) is 29.9 Å². The first-order valence-electron chi connectivity index (χ1n) is 9.23. The molecule has 8 heteroatoms. The number of piperidine rings is 2. The van der Waals surface area contributed by atoms with E-state index in [1.165, 1.54) is 6.33 Å². The topological polar surface area (TPSA) is 83.4 Å². The van der Waals surface area contributed by atoms with Gasteiger partial charge in [-0.3, -0.25) is 14.3 Å². The van der Waals surface area contributed by atoms with Gasteiger partial charge < -0.3 is 15.1 Å². The van der Waals surface area contributed by atoms with E-state index >= 15 is 0 Å². The van der Waals surface area contributed by atoms with Crippen LogP contribution in [0.25, 0.3) is 0 Å². The summed E-state index contributed by atoms with van der Waals surface area (Å²) >= 11 is 0. The number of carbonyl (C=O) groups excluding carboxylic acids is 2. The van der Waals surface area contributed by atoms with Gasteiger partial charge in [-0.25, -0.2) is 4.98 Å². The zero-order valence-electron chi connectivity index (χ0n) is 14.9. The lowest BCUT2D eigenvalue weighted by Crippen LogP contribution is -2.57. The predicted molar refractivity (Wildman–Crippen MR) is 92.6 cm³/mol. The summed E-state index contributed by atoms with van der Waals surface area (Å²) in [6, 6.07) is 0.300. The van der Waals surface area contributed by atoms with Crippen LogP contribution in [0.5, 0.6) is 0 Å². The van der Waals surface area contributed by atoms with E-state index < -0.39 is 0 Å². The largest absolute Gasteiger partial charge is 0.342 e. The van der Waals surface area contributed by atoms with Crippen molar-refractivity contribution >= 4 is 11.8 Å². The smallest absolute Gasteiger partial charge is 0.222 e. The fourth-order valence-corrected chi connectivity index (χ4v) is 4.00. The van der Waals surface area contributed by atoms with Crippen molar-refractivity contribution in [3.05, 3.63) is 12.7 Å². The first kappa shape index (κ1) is 17.8. The van der Waals surface area contributed by atoms with Crippen molar-refractivity contribution in [2.45, 2.75) is 44.7 Å². The van der Waals surface area contributed by atoms with Gasteiger partial charge in [-0.05, 0) is 32.2 Å². The van der Waals surface area contributed by atoms with Crippen LogP contribution in [0.15, 0.2) is 12.7 Å². The van der Waals surface area contributed by atoms with Crippen molar-refractivity contribution in [3.8, 4) is 0 Å². The van der Waals surface area contributed by atoms with E-state index in [1.54, 1.807) is 11.0 Å². The normalized spacial score (nSPS) is 23.6. The van der Waals surface area contributed by atoms with Crippen LogP contribution >= 0.6 is 0 Å². The van der Waals surface area contributed by atoms with Gasteiger partial charge in [0.15, 0.2) is 0 Å². The quantitative estimate of drug-likeness (QED) is 0.757. The summed E-state index contributed by atoms with van der Waals surface area (Å²) in [5, 5.41) is 7.18. The highest BCUT2D eigenvalue weighted by Crippen LogP contribution is 2.31. The second kappa shape index (κ2) is 8.42. The van der Waals surface area contributed by atoms with E-state index in [9.17, 15) is 9.59 Å². The van der Waals surface area contributed by atoms with Crippen molar-refractivity contribution in [3.63, 3.8) is 0 Å². The third-order valence-electron chi connectivity index (χ3n) is 5.34. The number of carbonyl (C=O) groups is 2.